The third-order valence-electron chi connectivity index (χ3n) is 3.66. The van der Waals surface area contributed by atoms with Crippen LogP contribution in [0.3, 0.4) is 0 Å². The third kappa shape index (κ3) is 4.18. The molecule has 0 amide bonds. The minimum Gasteiger partial charge on any atom is -0.384 e. The van der Waals surface area contributed by atoms with Crippen LogP contribution in [0.5, 0.6) is 0 Å². The Morgan fingerprint density at radius 3 is 2.57 bits per heavy atom. The van der Waals surface area contributed by atoms with Crippen LogP contribution in [0.4, 0.5) is 10.8 Å². The number of rotatable bonds is 5. The molecule has 2 heterocycles. The first-order valence-electron chi connectivity index (χ1n) is 7.17. The molecule has 4 nitrogen and oxygen atoms in total. The molecule has 1 saturated heterocycles. The third-order valence-corrected chi connectivity index (χ3v) is 5.02. The number of halogens is 1. The first kappa shape index (κ1) is 14.8. The van der Waals surface area contributed by atoms with E-state index in [2.05, 4.69) is 60.3 Å². The van der Waals surface area contributed by atoms with Gasteiger partial charge in [-0.2, -0.15) is 0 Å². The van der Waals surface area contributed by atoms with Gasteiger partial charge in [-0.3, -0.25) is 4.90 Å². The van der Waals surface area contributed by atoms with Crippen molar-refractivity contribution in [3.05, 3.63) is 40.3 Å². The van der Waals surface area contributed by atoms with Crippen LogP contribution in [0, 0.1) is 0 Å². The maximum absolute atomic E-state index is 4.38. The Labute approximate surface area is 137 Å². The lowest BCUT2D eigenvalue weighted by Crippen LogP contribution is -2.47. The van der Waals surface area contributed by atoms with Gasteiger partial charge in [-0.15, -0.1) is 11.3 Å². The Kier molecular flexibility index (Phi) is 5.11. The molecule has 21 heavy (non-hydrogen) atoms. The van der Waals surface area contributed by atoms with Gasteiger partial charge in [-0.1, -0.05) is 15.9 Å². The van der Waals surface area contributed by atoms with E-state index in [1.807, 2.05) is 11.6 Å². The van der Waals surface area contributed by atoms with Gasteiger partial charge in [0.2, 0.25) is 0 Å². The Hall–Kier alpha value is -1.11. The summed E-state index contributed by atoms with van der Waals surface area (Å²) in [6, 6.07) is 8.33. The van der Waals surface area contributed by atoms with E-state index in [1.54, 1.807) is 11.3 Å². The Balaban J connectivity index is 1.38. The van der Waals surface area contributed by atoms with Gasteiger partial charge in [0.05, 0.1) is 0 Å². The van der Waals surface area contributed by atoms with Crippen molar-refractivity contribution in [3.8, 4) is 0 Å². The summed E-state index contributed by atoms with van der Waals surface area (Å²) in [5, 5.41) is 6.67. The molecule has 0 spiro atoms. The van der Waals surface area contributed by atoms with Crippen LogP contribution in [0.1, 0.15) is 0 Å². The Morgan fingerprint density at radius 2 is 1.90 bits per heavy atom. The normalized spacial score (nSPS) is 16.1. The molecule has 2 aromatic rings. The fourth-order valence-electron chi connectivity index (χ4n) is 2.46. The molecule has 1 aromatic carbocycles. The van der Waals surface area contributed by atoms with E-state index in [4.69, 9.17) is 0 Å². The van der Waals surface area contributed by atoms with E-state index < -0.39 is 0 Å². The van der Waals surface area contributed by atoms with Gasteiger partial charge >= 0.3 is 0 Å². The Bertz CT molecular complexity index is 535. The van der Waals surface area contributed by atoms with Crippen LogP contribution < -0.4 is 10.2 Å². The average Bonchev–Trinajstić information content (AvgIpc) is 3.04. The summed E-state index contributed by atoms with van der Waals surface area (Å²) < 4.78 is 1.12. The summed E-state index contributed by atoms with van der Waals surface area (Å²) in [6.45, 7) is 6.45. The lowest BCUT2D eigenvalue weighted by Gasteiger charge is -2.34. The number of piperazine rings is 1. The van der Waals surface area contributed by atoms with Gasteiger partial charge in [-0.05, 0) is 24.3 Å². The second kappa shape index (κ2) is 7.24. The molecule has 1 aliphatic rings. The van der Waals surface area contributed by atoms with Gasteiger partial charge < -0.3 is 10.2 Å². The van der Waals surface area contributed by atoms with Gasteiger partial charge in [0.15, 0.2) is 5.13 Å². The van der Waals surface area contributed by atoms with Gasteiger partial charge in [0.25, 0.3) is 0 Å². The number of nitrogens with one attached hydrogen (secondary N) is 1. The topological polar surface area (TPSA) is 31.4 Å². The van der Waals surface area contributed by atoms with Gasteiger partial charge in [0.1, 0.15) is 0 Å². The standard InChI is InChI=1S/C15H19BrN4S/c16-13-1-3-14(4-2-13)17-5-7-19-8-10-20(11-9-19)15-18-6-12-21-15/h1-4,6,12,17H,5,7-11H2. The van der Waals surface area contributed by atoms with Crippen molar-refractivity contribution in [1.82, 2.24) is 9.88 Å². The fraction of sp³-hybridized carbons (Fsp3) is 0.400. The molecule has 1 aromatic heterocycles. The summed E-state index contributed by atoms with van der Waals surface area (Å²) in [7, 11) is 0. The molecule has 6 heteroatoms. The zero-order valence-electron chi connectivity index (χ0n) is 11.8. The van der Waals surface area contributed by atoms with Crippen LogP contribution in [0.25, 0.3) is 0 Å². The number of aromatic nitrogens is 1. The van der Waals surface area contributed by atoms with Crippen LogP contribution in [0.2, 0.25) is 0 Å². The SMILES string of the molecule is Brc1ccc(NCCN2CCN(c3nccs3)CC2)cc1. The molecule has 112 valence electrons. The van der Waals surface area contributed by atoms with Crippen molar-refractivity contribution in [1.29, 1.82) is 0 Å². The Morgan fingerprint density at radius 1 is 1.14 bits per heavy atom. The smallest absolute Gasteiger partial charge is 0.185 e. The predicted molar refractivity (Wildman–Crippen MR) is 93.4 cm³/mol. The molecule has 1 fully saturated rings. The highest BCUT2D eigenvalue weighted by Gasteiger charge is 2.17. The quantitative estimate of drug-likeness (QED) is 0.880. The van der Waals surface area contributed by atoms with Crippen LogP contribution in [-0.2, 0) is 0 Å². The lowest BCUT2D eigenvalue weighted by molar-refractivity contribution is 0.267. The van der Waals surface area contributed by atoms with Crippen molar-refractivity contribution >= 4 is 38.1 Å². The van der Waals surface area contributed by atoms with Crippen molar-refractivity contribution in [2.45, 2.75) is 0 Å². The number of thiazole rings is 1. The van der Waals surface area contributed by atoms with Crippen molar-refractivity contribution in [3.63, 3.8) is 0 Å². The largest absolute Gasteiger partial charge is 0.384 e. The van der Waals surface area contributed by atoms with E-state index >= 15 is 0 Å². The molecule has 0 aliphatic carbocycles. The first-order chi connectivity index (χ1) is 10.3. The average molecular weight is 367 g/mol. The second-order valence-corrected chi connectivity index (χ2v) is 6.87. The molecular weight excluding hydrogens is 348 g/mol. The highest BCUT2D eigenvalue weighted by molar-refractivity contribution is 9.10. The van der Waals surface area contributed by atoms with Gasteiger partial charge in [0, 0.05) is 61.0 Å². The maximum atomic E-state index is 4.38. The van der Waals surface area contributed by atoms with Crippen molar-refractivity contribution < 1.29 is 0 Å². The highest BCUT2D eigenvalue weighted by atomic mass is 79.9. The van der Waals surface area contributed by atoms with E-state index in [0.717, 1.165) is 48.9 Å². The number of hydrogen-bond acceptors (Lipinski definition) is 5. The lowest BCUT2D eigenvalue weighted by atomic mass is 10.3. The molecule has 0 saturated carbocycles. The molecule has 0 atom stereocenters. The molecule has 1 aliphatic heterocycles. The minimum absolute atomic E-state index is 0.985. The molecule has 0 radical (unpaired) electrons. The van der Waals surface area contributed by atoms with Gasteiger partial charge in [-0.25, -0.2) is 4.98 Å². The second-order valence-electron chi connectivity index (χ2n) is 5.08. The van der Waals surface area contributed by atoms with Crippen LogP contribution in [0.15, 0.2) is 40.3 Å². The van der Waals surface area contributed by atoms with E-state index in [0.29, 0.717) is 0 Å². The first-order valence-corrected chi connectivity index (χ1v) is 8.85. The monoisotopic (exact) mass is 366 g/mol. The number of hydrogen-bond donors (Lipinski definition) is 1. The molecule has 3 rings (SSSR count). The molecule has 1 N–H and O–H groups in total. The maximum Gasteiger partial charge on any atom is 0.185 e. The summed E-state index contributed by atoms with van der Waals surface area (Å²) in [4.78, 5) is 9.27. The number of nitrogens with zero attached hydrogens (tertiary/aromatic N) is 3. The predicted octanol–water partition coefficient (Wildman–Crippen LogP) is 3.14. The molecule has 0 unspecified atom stereocenters. The number of benzene rings is 1. The van der Waals surface area contributed by atoms with Crippen LogP contribution >= 0.6 is 27.3 Å². The number of anilines is 2. The summed E-state index contributed by atoms with van der Waals surface area (Å²) >= 11 is 5.18. The molecular formula is C15H19BrN4S. The van der Waals surface area contributed by atoms with E-state index in [9.17, 15) is 0 Å². The highest BCUT2D eigenvalue weighted by Crippen LogP contribution is 2.19. The zero-order valence-corrected chi connectivity index (χ0v) is 14.2. The van der Waals surface area contributed by atoms with Crippen molar-refractivity contribution in [2.24, 2.45) is 0 Å². The summed E-state index contributed by atoms with van der Waals surface area (Å²) in [5.41, 5.74) is 1.18. The fourth-order valence-corrected chi connectivity index (χ4v) is 3.42. The summed E-state index contributed by atoms with van der Waals surface area (Å²) in [5.74, 6) is 0. The van der Waals surface area contributed by atoms with Crippen molar-refractivity contribution in [2.75, 3.05) is 49.5 Å². The molecule has 0 bridgehead atoms. The van der Waals surface area contributed by atoms with Crippen LogP contribution in [-0.4, -0.2) is 49.2 Å². The zero-order chi connectivity index (χ0) is 14.5. The van der Waals surface area contributed by atoms with E-state index in [-0.39, 0.29) is 0 Å². The summed E-state index contributed by atoms with van der Waals surface area (Å²) in [6.07, 6.45) is 1.88. The van der Waals surface area contributed by atoms with E-state index in [1.165, 1.54) is 5.69 Å². The minimum atomic E-state index is 0.985.